The van der Waals surface area contributed by atoms with Gasteiger partial charge in [-0.1, -0.05) is 91.0 Å². The maximum absolute atomic E-state index is 6.06. The summed E-state index contributed by atoms with van der Waals surface area (Å²) in [6.45, 7) is 11.7. The van der Waals surface area contributed by atoms with E-state index in [1.54, 1.807) is 0 Å². The minimum Gasteiger partial charge on any atom is -0.208 e. The van der Waals surface area contributed by atoms with Gasteiger partial charge in [-0.3, -0.25) is 0 Å². The third kappa shape index (κ3) is 5.65. The van der Waals surface area contributed by atoms with Crippen LogP contribution in [0, 0.1) is 0 Å². The predicted molar refractivity (Wildman–Crippen MR) is 132 cm³/mol. The quantitative estimate of drug-likeness (QED) is 0.274. The van der Waals surface area contributed by atoms with E-state index in [9.17, 15) is 0 Å². The highest BCUT2D eigenvalue weighted by Gasteiger charge is 2.14. The minimum atomic E-state index is 0.0778. The van der Waals surface area contributed by atoms with Gasteiger partial charge in [-0.25, -0.2) is 15.0 Å². The lowest BCUT2D eigenvalue weighted by molar-refractivity contribution is 0.857. The molecule has 2 aromatic carbocycles. The molecule has 0 aliphatic carbocycles. The molecule has 0 bridgehead atoms. The van der Waals surface area contributed by atoms with Gasteiger partial charge in [-0.15, -0.1) is 6.58 Å². The molecular formula is C27H26ClN3. The Hall–Kier alpha value is -3.30. The number of rotatable bonds is 8. The molecule has 3 nitrogen and oxygen atoms in total. The van der Waals surface area contributed by atoms with Crippen molar-refractivity contribution in [2.75, 3.05) is 0 Å². The number of hydrogen-bond acceptors (Lipinski definition) is 3. The Bertz CT molecular complexity index is 1130. The summed E-state index contributed by atoms with van der Waals surface area (Å²) in [6, 6.07) is 18.1. The average Bonchev–Trinajstić information content (AvgIpc) is 2.81. The molecule has 3 rings (SSSR count). The molecule has 4 heteroatoms. The molecule has 1 atom stereocenters. The van der Waals surface area contributed by atoms with E-state index in [0.717, 1.165) is 22.3 Å². The number of aromatic nitrogens is 3. The Labute approximate surface area is 189 Å². The monoisotopic (exact) mass is 427 g/mol. The van der Waals surface area contributed by atoms with E-state index in [1.807, 2.05) is 80.6 Å². The van der Waals surface area contributed by atoms with Crippen molar-refractivity contribution in [2.24, 2.45) is 0 Å². The molecule has 1 heterocycles. The van der Waals surface area contributed by atoms with Crippen molar-refractivity contribution in [1.29, 1.82) is 0 Å². The van der Waals surface area contributed by atoms with Crippen molar-refractivity contribution in [3.05, 3.63) is 108 Å². The maximum atomic E-state index is 6.06. The lowest BCUT2D eigenvalue weighted by Gasteiger charge is -2.14. The third-order valence-electron chi connectivity index (χ3n) is 4.88. The van der Waals surface area contributed by atoms with Crippen molar-refractivity contribution in [3.8, 4) is 22.8 Å². The molecule has 1 unspecified atom stereocenters. The summed E-state index contributed by atoms with van der Waals surface area (Å²) >= 11 is 6.06. The van der Waals surface area contributed by atoms with E-state index in [4.69, 9.17) is 26.6 Å². The van der Waals surface area contributed by atoms with E-state index in [1.165, 1.54) is 0 Å². The lowest BCUT2D eigenvalue weighted by Crippen LogP contribution is -2.03. The molecule has 0 saturated heterocycles. The summed E-state index contributed by atoms with van der Waals surface area (Å²) in [5.74, 6) is 1.99. The molecule has 0 fully saturated rings. The molecule has 0 radical (unpaired) electrons. The Balaban J connectivity index is 2.15. The van der Waals surface area contributed by atoms with Gasteiger partial charge >= 0.3 is 0 Å². The molecule has 1 aromatic heterocycles. The first kappa shape index (κ1) is 22.4. The number of hydrogen-bond donors (Lipinski definition) is 0. The van der Waals surface area contributed by atoms with Crippen LogP contribution < -0.4 is 0 Å². The van der Waals surface area contributed by atoms with E-state index in [0.29, 0.717) is 28.9 Å². The smallest absolute Gasteiger partial charge is 0.164 e. The molecule has 156 valence electrons. The molecule has 0 amide bonds. The Kier molecular flexibility index (Phi) is 7.69. The zero-order chi connectivity index (χ0) is 22.2. The molecule has 3 aromatic rings. The van der Waals surface area contributed by atoms with Crippen molar-refractivity contribution < 1.29 is 0 Å². The minimum absolute atomic E-state index is 0.0778. The highest BCUT2D eigenvalue weighted by atomic mass is 35.5. The van der Waals surface area contributed by atoms with Crippen LogP contribution in [0.3, 0.4) is 0 Å². The van der Waals surface area contributed by atoms with Crippen LogP contribution in [0.15, 0.2) is 97.1 Å². The van der Waals surface area contributed by atoms with Crippen LogP contribution in [0.25, 0.3) is 28.3 Å². The summed E-state index contributed by atoms with van der Waals surface area (Å²) in [5.41, 5.74) is 3.90. The van der Waals surface area contributed by atoms with Crippen LogP contribution in [0.2, 0.25) is 0 Å². The van der Waals surface area contributed by atoms with Crippen LogP contribution >= 0.6 is 11.6 Å². The van der Waals surface area contributed by atoms with Crippen molar-refractivity contribution >= 4 is 17.2 Å². The summed E-state index contributed by atoms with van der Waals surface area (Å²) < 4.78 is 0. The van der Waals surface area contributed by atoms with E-state index < -0.39 is 0 Å². The summed E-state index contributed by atoms with van der Waals surface area (Å²) in [4.78, 5) is 14.3. The van der Waals surface area contributed by atoms with Gasteiger partial charge in [0.05, 0.1) is 0 Å². The summed E-state index contributed by atoms with van der Waals surface area (Å²) in [5, 5.41) is 0.605. The highest BCUT2D eigenvalue weighted by Crippen LogP contribution is 2.29. The fraction of sp³-hybridized carbons (Fsp3) is 0.148. The first-order chi connectivity index (χ1) is 15.0. The molecule has 0 aliphatic rings. The van der Waals surface area contributed by atoms with Crippen LogP contribution in [-0.2, 0) is 0 Å². The van der Waals surface area contributed by atoms with Crippen LogP contribution in [0.5, 0.6) is 0 Å². The SMILES string of the molecule is C=CC(CC(=C)Cl)c1cccc(-c2nc(C(/C=C\C)=C/C)nc(-c3ccccc3)n2)c1. The fourth-order valence-corrected chi connectivity index (χ4v) is 3.48. The van der Waals surface area contributed by atoms with Crippen molar-refractivity contribution in [1.82, 2.24) is 15.0 Å². The zero-order valence-corrected chi connectivity index (χ0v) is 18.7. The van der Waals surface area contributed by atoms with E-state index in [2.05, 4.69) is 25.3 Å². The lowest BCUT2D eigenvalue weighted by atomic mass is 9.94. The predicted octanol–water partition coefficient (Wildman–Crippen LogP) is 7.60. The number of benzene rings is 2. The van der Waals surface area contributed by atoms with Gasteiger partial charge in [0, 0.05) is 27.7 Å². The van der Waals surface area contributed by atoms with Gasteiger partial charge in [0.1, 0.15) is 0 Å². The van der Waals surface area contributed by atoms with E-state index in [-0.39, 0.29) is 5.92 Å². The van der Waals surface area contributed by atoms with Gasteiger partial charge < -0.3 is 0 Å². The van der Waals surface area contributed by atoms with Crippen LogP contribution in [0.1, 0.15) is 37.6 Å². The second kappa shape index (κ2) is 10.6. The Morgan fingerprint density at radius 2 is 1.65 bits per heavy atom. The van der Waals surface area contributed by atoms with Gasteiger partial charge in [-0.05, 0) is 31.9 Å². The maximum Gasteiger partial charge on any atom is 0.164 e. The molecule has 0 aliphatic heterocycles. The van der Waals surface area contributed by atoms with Crippen LogP contribution in [0.4, 0.5) is 0 Å². The Morgan fingerprint density at radius 3 is 2.26 bits per heavy atom. The zero-order valence-electron chi connectivity index (χ0n) is 17.9. The first-order valence-electron chi connectivity index (χ1n) is 10.2. The summed E-state index contributed by atoms with van der Waals surface area (Å²) in [7, 11) is 0. The Morgan fingerprint density at radius 1 is 0.968 bits per heavy atom. The van der Waals surface area contributed by atoms with E-state index >= 15 is 0 Å². The average molecular weight is 428 g/mol. The molecular weight excluding hydrogens is 402 g/mol. The second-order valence-corrected chi connectivity index (χ2v) is 7.64. The molecule has 31 heavy (non-hydrogen) atoms. The van der Waals surface area contributed by atoms with Gasteiger partial charge in [-0.2, -0.15) is 0 Å². The van der Waals surface area contributed by atoms with Crippen molar-refractivity contribution in [3.63, 3.8) is 0 Å². The van der Waals surface area contributed by atoms with Gasteiger partial charge in [0.15, 0.2) is 17.5 Å². The fourth-order valence-electron chi connectivity index (χ4n) is 3.31. The standard InChI is InChI=1S/C27H26ClN3/c1-5-12-20(6-2)25-29-26(22-13-9-8-10-14-22)31-27(30-25)24-16-11-15-23(18-24)21(7-3)17-19(4)28/h5-16,18,21H,3-4,17H2,1-2H3/b12-5-,20-6+. The third-order valence-corrected chi connectivity index (χ3v) is 5.04. The molecule has 0 N–H and O–H groups in total. The van der Waals surface area contributed by atoms with Crippen molar-refractivity contribution in [2.45, 2.75) is 26.2 Å². The second-order valence-electron chi connectivity index (χ2n) is 7.11. The topological polar surface area (TPSA) is 38.7 Å². The number of nitrogens with zero attached hydrogens (tertiary/aromatic N) is 3. The van der Waals surface area contributed by atoms with Crippen LogP contribution in [-0.4, -0.2) is 15.0 Å². The number of halogens is 1. The highest BCUT2D eigenvalue weighted by molar-refractivity contribution is 6.29. The largest absolute Gasteiger partial charge is 0.208 e. The van der Waals surface area contributed by atoms with Gasteiger partial charge in [0.2, 0.25) is 0 Å². The molecule has 0 spiro atoms. The molecule has 0 saturated carbocycles. The summed E-state index contributed by atoms with van der Waals surface area (Å²) in [6.07, 6.45) is 8.52. The normalized spacial score (nSPS) is 12.7. The first-order valence-corrected chi connectivity index (χ1v) is 10.6. The van der Waals surface area contributed by atoms with Gasteiger partial charge in [0.25, 0.3) is 0 Å². The number of allylic oxidation sites excluding steroid dienone is 6.